The van der Waals surface area contributed by atoms with Gasteiger partial charge >= 0.3 is 6.01 Å². The SMILES string of the molecule is C#Cc1c(F)ccc2cc(O)cc(-c3c(F)c4nc(OC[C@@]56CCCN5C[C@H](F)C6)nc(N5C[C@H]6CC[C@@H](C5)N6CC5COC5)c4c4oc(C)nc34)c12. The van der Waals surface area contributed by atoms with Crippen molar-refractivity contribution in [3.05, 3.63) is 47.4 Å². The number of oxazole rings is 1. The van der Waals surface area contributed by atoms with Crippen LogP contribution in [0, 0.1) is 36.8 Å². The number of halogens is 3. The lowest BCUT2D eigenvalue weighted by molar-refractivity contribution is -0.0538. The average Bonchev–Trinajstić information content (AvgIpc) is 3.83. The molecule has 1 N–H and O–H groups in total. The number of nitrogens with zero attached hydrogens (tertiary/aromatic N) is 6. The summed E-state index contributed by atoms with van der Waals surface area (Å²) in [5, 5.41) is 11.9. The number of aromatic nitrogens is 3. The Morgan fingerprint density at radius 2 is 1.87 bits per heavy atom. The first-order valence-electron chi connectivity index (χ1n) is 18.5. The van der Waals surface area contributed by atoms with E-state index in [1.165, 1.54) is 24.3 Å². The van der Waals surface area contributed by atoms with E-state index in [1.54, 1.807) is 6.92 Å². The standard InChI is InChI=1S/C40H39F3N6O4/c1-3-28-30(42)8-5-23-11-27(50)12-29(31(23)28)32-34(43)35-33(37-36(32)44-21(2)53-37)38(47-16-25-6-7-26(17-47)49(25)14-22-18-51-19-22)46-39(45-35)52-20-40-9-4-10-48(40)15-24(41)13-40/h1,5,8,11-12,22,24-26,50H,4,6-7,9-10,13-20H2,2H3/t24-,25-,26+,40+/m1/s1. The molecule has 0 spiro atoms. The van der Waals surface area contributed by atoms with E-state index in [0.29, 0.717) is 48.6 Å². The number of phenols is 1. The van der Waals surface area contributed by atoms with Crippen molar-refractivity contribution < 1.29 is 32.2 Å². The first-order valence-corrected chi connectivity index (χ1v) is 18.5. The van der Waals surface area contributed by atoms with Crippen molar-refractivity contribution in [2.45, 2.75) is 62.8 Å². The van der Waals surface area contributed by atoms with E-state index in [0.717, 1.165) is 52.0 Å². The van der Waals surface area contributed by atoms with Crippen molar-refractivity contribution in [2.75, 3.05) is 57.4 Å². The van der Waals surface area contributed by atoms with E-state index < -0.39 is 23.3 Å². The number of benzene rings is 3. The molecule has 3 aromatic carbocycles. The monoisotopic (exact) mass is 724 g/mol. The van der Waals surface area contributed by atoms with Crippen molar-refractivity contribution in [1.82, 2.24) is 24.8 Å². The fourth-order valence-corrected chi connectivity index (χ4v) is 9.88. The molecule has 0 unspecified atom stereocenters. The molecule has 5 aliphatic heterocycles. The van der Waals surface area contributed by atoms with Gasteiger partial charge in [0.15, 0.2) is 17.3 Å². The molecule has 0 radical (unpaired) electrons. The minimum Gasteiger partial charge on any atom is -0.508 e. The Hall–Kier alpha value is -4.64. The van der Waals surface area contributed by atoms with Gasteiger partial charge in [-0.2, -0.15) is 9.97 Å². The molecule has 4 atom stereocenters. The molecule has 0 saturated carbocycles. The van der Waals surface area contributed by atoms with Crippen LogP contribution in [0.3, 0.4) is 0 Å². The minimum atomic E-state index is -0.942. The number of terminal acetylenes is 1. The van der Waals surface area contributed by atoms with Gasteiger partial charge in [0.2, 0.25) is 0 Å². The molecule has 2 bridgehead atoms. The van der Waals surface area contributed by atoms with Gasteiger partial charge in [-0.05, 0) is 61.4 Å². The van der Waals surface area contributed by atoms with E-state index >= 15 is 8.78 Å². The molecule has 2 aromatic heterocycles. The fourth-order valence-electron chi connectivity index (χ4n) is 9.88. The van der Waals surface area contributed by atoms with Gasteiger partial charge in [-0.3, -0.25) is 9.80 Å². The summed E-state index contributed by atoms with van der Waals surface area (Å²) < 4.78 is 65.8. The number of piperazine rings is 1. The Morgan fingerprint density at radius 3 is 2.62 bits per heavy atom. The number of aromatic hydroxyl groups is 1. The molecule has 5 aromatic rings. The molecule has 53 heavy (non-hydrogen) atoms. The van der Waals surface area contributed by atoms with Crippen LogP contribution in [0.5, 0.6) is 11.8 Å². The van der Waals surface area contributed by atoms with Gasteiger partial charge in [-0.1, -0.05) is 12.0 Å². The lowest BCUT2D eigenvalue weighted by Gasteiger charge is -2.44. The Balaban J connectivity index is 1.17. The molecule has 0 aliphatic carbocycles. The molecule has 7 heterocycles. The van der Waals surface area contributed by atoms with Crippen LogP contribution in [0.1, 0.15) is 43.6 Å². The first kappa shape index (κ1) is 33.0. The molecule has 10 nitrogen and oxygen atoms in total. The summed E-state index contributed by atoms with van der Waals surface area (Å²) in [5.74, 6) is 2.14. The molecular formula is C40H39F3N6O4. The molecule has 0 amide bonds. The van der Waals surface area contributed by atoms with E-state index in [2.05, 4.69) is 25.6 Å². The van der Waals surface area contributed by atoms with E-state index in [4.69, 9.17) is 30.3 Å². The van der Waals surface area contributed by atoms with Gasteiger partial charge in [0.25, 0.3) is 0 Å². The summed E-state index contributed by atoms with van der Waals surface area (Å²) in [6.45, 7) is 6.89. The zero-order valence-corrected chi connectivity index (χ0v) is 29.4. The summed E-state index contributed by atoms with van der Waals surface area (Å²) in [5.41, 5.74) is -0.0361. The van der Waals surface area contributed by atoms with Gasteiger partial charge in [0, 0.05) is 62.9 Å². The largest absolute Gasteiger partial charge is 0.508 e. The molecule has 10 rings (SSSR count). The summed E-state index contributed by atoms with van der Waals surface area (Å²) in [4.78, 5) is 21.3. The van der Waals surface area contributed by atoms with Crippen molar-refractivity contribution >= 4 is 38.6 Å². The Bertz CT molecular complexity index is 2350. The third-order valence-corrected chi connectivity index (χ3v) is 12.3. The molecule has 5 saturated heterocycles. The fraction of sp³-hybridized carbons (Fsp3) is 0.475. The van der Waals surface area contributed by atoms with Crippen LogP contribution in [-0.4, -0.2) is 106 Å². The van der Waals surface area contributed by atoms with E-state index in [-0.39, 0.29) is 75.0 Å². The second-order valence-corrected chi connectivity index (χ2v) is 15.6. The summed E-state index contributed by atoms with van der Waals surface area (Å²) in [7, 11) is 0. The first-order chi connectivity index (χ1) is 25.7. The number of alkyl halides is 1. The molecule has 13 heteroatoms. The highest BCUT2D eigenvalue weighted by Crippen LogP contribution is 2.47. The number of rotatable bonds is 7. The van der Waals surface area contributed by atoms with Crippen LogP contribution in [-0.2, 0) is 4.74 Å². The van der Waals surface area contributed by atoms with Gasteiger partial charge in [0.05, 0.1) is 35.3 Å². The maximum atomic E-state index is 17.7. The van der Waals surface area contributed by atoms with Gasteiger partial charge < -0.3 is 23.9 Å². The van der Waals surface area contributed by atoms with Crippen molar-refractivity contribution in [2.24, 2.45) is 5.92 Å². The van der Waals surface area contributed by atoms with E-state index in [9.17, 15) is 9.50 Å². The minimum absolute atomic E-state index is 0.0195. The number of hydrogen-bond acceptors (Lipinski definition) is 10. The molecule has 274 valence electrons. The zero-order valence-electron chi connectivity index (χ0n) is 29.4. The number of hydrogen-bond donors (Lipinski definition) is 1. The summed E-state index contributed by atoms with van der Waals surface area (Å²) in [6, 6.07) is 6.08. The van der Waals surface area contributed by atoms with Crippen LogP contribution in [0.4, 0.5) is 19.0 Å². The second kappa shape index (κ2) is 12.2. The highest BCUT2D eigenvalue weighted by molar-refractivity contribution is 6.16. The Morgan fingerprint density at radius 1 is 1.06 bits per heavy atom. The lowest BCUT2D eigenvalue weighted by atomic mass is 9.92. The maximum Gasteiger partial charge on any atom is 0.319 e. The quantitative estimate of drug-likeness (QED) is 0.198. The zero-order chi connectivity index (χ0) is 36.2. The van der Waals surface area contributed by atoms with Crippen LogP contribution >= 0.6 is 0 Å². The molecule has 5 aliphatic rings. The smallest absolute Gasteiger partial charge is 0.319 e. The van der Waals surface area contributed by atoms with Gasteiger partial charge in [0.1, 0.15) is 41.2 Å². The van der Waals surface area contributed by atoms with Crippen molar-refractivity contribution in [3.63, 3.8) is 0 Å². The third kappa shape index (κ3) is 5.16. The number of aryl methyl sites for hydroxylation is 1. The number of fused-ring (bicyclic) bond motifs is 7. The third-order valence-electron chi connectivity index (χ3n) is 12.3. The van der Waals surface area contributed by atoms with Gasteiger partial charge in [-0.15, -0.1) is 6.42 Å². The number of phenolic OH excluding ortho intramolecular Hbond substituents is 1. The molecule has 5 fully saturated rings. The number of anilines is 1. The maximum absolute atomic E-state index is 17.7. The van der Waals surface area contributed by atoms with Crippen molar-refractivity contribution in [1.29, 1.82) is 0 Å². The normalized spacial score (nSPS) is 26.2. The topological polar surface area (TPSA) is 100 Å². The second-order valence-electron chi connectivity index (χ2n) is 15.6. The Labute approximate surface area is 303 Å². The van der Waals surface area contributed by atoms with Crippen LogP contribution in [0.25, 0.3) is 43.9 Å². The highest BCUT2D eigenvalue weighted by atomic mass is 19.1. The average molecular weight is 725 g/mol. The summed E-state index contributed by atoms with van der Waals surface area (Å²) in [6.07, 6.45) is 9.05. The van der Waals surface area contributed by atoms with Crippen LogP contribution in [0.15, 0.2) is 28.7 Å². The van der Waals surface area contributed by atoms with Gasteiger partial charge in [-0.25, -0.2) is 18.2 Å². The Kier molecular flexibility index (Phi) is 7.59. The predicted octanol–water partition coefficient (Wildman–Crippen LogP) is 6.12. The van der Waals surface area contributed by atoms with Crippen molar-refractivity contribution in [3.8, 4) is 35.2 Å². The predicted molar refractivity (Wildman–Crippen MR) is 193 cm³/mol. The number of ether oxygens (including phenoxy) is 2. The van der Waals surface area contributed by atoms with E-state index in [1.807, 2.05) is 0 Å². The molecular weight excluding hydrogens is 685 g/mol. The van der Waals surface area contributed by atoms with Crippen LogP contribution < -0.4 is 9.64 Å². The lowest BCUT2D eigenvalue weighted by Crippen LogP contribution is -2.56. The van der Waals surface area contributed by atoms with Crippen LogP contribution in [0.2, 0.25) is 0 Å². The highest BCUT2D eigenvalue weighted by Gasteiger charge is 2.50. The summed E-state index contributed by atoms with van der Waals surface area (Å²) >= 11 is 0.